The van der Waals surface area contributed by atoms with Gasteiger partial charge in [-0.05, 0) is 43.7 Å². The van der Waals surface area contributed by atoms with E-state index in [0.717, 1.165) is 10.0 Å². The molecule has 0 spiro atoms. The van der Waals surface area contributed by atoms with E-state index in [4.69, 9.17) is 5.73 Å². The third kappa shape index (κ3) is 3.20. The number of anilines is 1. The van der Waals surface area contributed by atoms with Crippen molar-refractivity contribution in [3.05, 3.63) is 64.1 Å². The quantitative estimate of drug-likeness (QED) is 0.842. The second-order valence-corrected chi connectivity index (χ2v) is 6.09. The van der Waals surface area contributed by atoms with E-state index in [9.17, 15) is 4.79 Å². The predicted molar refractivity (Wildman–Crippen MR) is 85.5 cm³/mol. The standard InChI is InChI=1S/C16H17BrN2O/c1-16(2,11-7-9-12(17)10-8-11)19-15(20)13-5-3-4-6-14(13)18/h3-10H,18H2,1-2H3,(H,19,20). The molecule has 104 valence electrons. The van der Waals surface area contributed by atoms with Crippen molar-refractivity contribution in [3.8, 4) is 0 Å². The molecule has 0 radical (unpaired) electrons. The first-order chi connectivity index (χ1) is 9.40. The molecule has 3 N–H and O–H groups in total. The summed E-state index contributed by atoms with van der Waals surface area (Å²) < 4.78 is 1.01. The Balaban J connectivity index is 2.22. The molecule has 0 aliphatic carbocycles. The first-order valence-electron chi connectivity index (χ1n) is 6.33. The summed E-state index contributed by atoms with van der Waals surface area (Å²) in [4.78, 5) is 12.3. The van der Waals surface area contributed by atoms with Gasteiger partial charge in [-0.3, -0.25) is 4.79 Å². The van der Waals surface area contributed by atoms with Crippen LogP contribution in [0.15, 0.2) is 53.0 Å². The Hall–Kier alpha value is -1.81. The van der Waals surface area contributed by atoms with Gasteiger partial charge in [0.25, 0.3) is 5.91 Å². The van der Waals surface area contributed by atoms with Gasteiger partial charge in [-0.1, -0.05) is 40.2 Å². The Labute approximate surface area is 127 Å². The number of benzene rings is 2. The fraction of sp³-hybridized carbons (Fsp3) is 0.188. The maximum absolute atomic E-state index is 12.3. The molecule has 1 amide bonds. The van der Waals surface area contributed by atoms with Gasteiger partial charge in [0.15, 0.2) is 0 Å². The summed E-state index contributed by atoms with van der Waals surface area (Å²) in [6.07, 6.45) is 0. The minimum atomic E-state index is -0.472. The summed E-state index contributed by atoms with van der Waals surface area (Å²) in [5, 5.41) is 3.01. The average molecular weight is 333 g/mol. The fourth-order valence-corrected chi connectivity index (χ4v) is 2.26. The van der Waals surface area contributed by atoms with Crippen molar-refractivity contribution < 1.29 is 4.79 Å². The maximum atomic E-state index is 12.3. The number of carbonyl (C=O) groups is 1. The highest BCUT2D eigenvalue weighted by Gasteiger charge is 2.24. The smallest absolute Gasteiger partial charge is 0.254 e. The minimum Gasteiger partial charge on any atom is -0.398 e. The number of nitrogens with one attached hydrogen (secondary N) is 1. The highest BCUT2D eigenvalue weighted by molar-refractivity contribution is 9.10. The summed E-state index contributed by atoms with van der Waals surface area (Å²) in [5.41, 5.74) is 7.37. The highest BCUT2D eigenvalue weighted by Crippen LogP contribution is 2.23. The second-order valence-electron chi connectivity index (χ2n) is 5.17. The molecule has 0 saturated carbocycles. The largest absolute Gasteiger partial charge is 0.398 e. The zero-order valence-electron chi connectivity index (χ0n) is 11.5. The fourth-order valence-electron chi connectivity index (χ4n) is 1.99. The van der Waals surface area contributed by atoms with Crippen LogP contribution in [0.4, 0.5) is 5.69 Å². The number of hydrogen-bond donors (Lipinski definition) is 2. The molecular weight excluding hydrogens is 316 g/mol. The molecule has 2 rings (SSSR count). The van der Waals surface area contributed by atoms with Crippen molar-refractivity contribution in [2.75, 3.05) is 5.73 Å². The van der Waals surface area contributed by atoms with Crippen LogP contribution in [-0.2, 0) is 5.54 Å². The van der Waals surface area contributed by atoms with Crippen molar-refractivity contribution in [1.82, 2.24) is 5.32 Å². The molecule has 0 heterocycles. The molecule has 2 aromatic rings. The minimum absolute atomic E-state index is 0.170. The van der Waals surface area contributed by atoms with Gasteiger partial charge >= 0.3 is 0 Å². The maximum Gasteiger partial charge on any atom is 0.254 e. The predicted octanol–water partition coefficient (Wildman–Crippen LogP) is 3.70. The van der Waals surface area contributed by atoms with Gasteiger partial charge in [-0.2, -0.15) is 0 Å². The van der Waals surface area contributed by atoms with Gasteiger partial charge in [0.05, 0.1) is 11.1 Å². The van der Waals surface area contributed by atoms with E-state index in [1.165, 1.54) is 0 Å². The summed E-state index contributed by atoms with van der Waals surface area (Å²) in [6.45, 7) is 3.93. The van der Waals surface area contributed by atoms with E-state index >= 15 is 0 Å². The van der Waals surface area contributed by atoms with Crippen LogP contribution in [0.25, 0.3) is 0 Å². The summed E-state index contributed by atoms with van der Waals surface area (Å²) >= 11 is 3.41. The Morgan fingerprint density at radius 1 is 1.10 bits per heavy atom. The molecule has 0 unspecified atom stereocenters. The Bertz CT molecular complexity index is 621. The van der Waals surface area contributed by atoms with Gasteiger partial charge < -0.3 is 11.1 Å². The topological polar surface area (TPSA) is 55.1 Å². The number of rotatable bonds is 3. The van der Waals surface area contributed by atoms with Crippen molar-refractivity contribution in [3.63, 3.8) is 0 Å². The molecule has 0 bridgehead atoms. The summed E-state index contributed by atoms with van der Waals surface area (Å²) in [5.74, 6) is -0.170. The lowest BCUT2D eigenvalue weighted by atomic mass is 9.94. The lowest BCUT2D eigenvalue weighted by Gasteiger charge is -2.27. The van der Waals surface area contributed by atoms with Crippen LogP contribution < -0.4 is 11.1 Å². The number of halogens is 1. The second kappa shape index (κ2) is 5.67. The monoisotopic (exact) mass is 332 g/mol. The van der Waals surface area contributed by atoms with Crippen LogP contribution in [0.2, 0.25) is 0 Å². The molecule has 3 nitrogen and oxygen atoms in total. The Morgan fingerprint density at radius 3 is 2.30 bits per heavy atom. The number of carbonyl (C=O) groups excluding carboxylic acids is 1. The Morgan fingerprint density at radius 2 is 1.70 bits per heavy atom. The van der Waals surface area contributed by atoms with E-state index in [-0.39, 0.29) is 5.91 Å². The third-order valence-corrected chi connectivity index (χ3v) is 3.73. The van der Waals surface area contributed by atoms with E-state index in [1.807, 2.05) is 44.2 Å². The summed E-state index contributed by atoms with van der Waals surface area (Å²) in [6, 6.07) is 14.9. The van der Waals surface area contributed by atoms with Crippen LogP contribution in [0.3, 0.4) is 0 Å². The zero-order chi connectivity index (χ0) is 14.8. The van der Waals surface area contributed by atoms with Crippen LogP contribution in [0.1, 0.15) is 29.8 Å². The van der Waals surface area contributed by atoms with E-state index in [1.54, 1.807) is 18.2 Å². The molecule has 0 atom stereocenters. The van der Waals surface area contributed by atoms with Crippen LogP contribution in [-0.4, -0.2) is 5.91 Å². The Kier molecular flexibility index (Phi) is 4.14. The number of amides is 1. The van der Waals surface area contributed by atoms with E-state index in [2.05, 4.69) is 21.2 Å². The average Bonchev–Trinajstić information content (AvgIpc) is 2.39. The SMILES string of the molecule is CC(C)(NC(=O)c1ccccc1N)c1ccc(Br)cc1. The van der Waals surface area contributed by atoms with Crippen molar-refractivity contribution in [1.29, 1.82) is 0 Å². The summed E-state index contributed by atoms with van der Waals surface area (Å²) in [7, 11) is 0. The van der Waals surface area contributed by atoms with Gasteiger partial charge in [0.1, 0.15) is 0 Å². The normalized spacial score (nSPS) is 11.2. The van der Waals surface area contributed by atoms with Gasteiger partial charge in [0.2, 0.25) is 0 Å². The molecule has 0 aliphatic rings. The number of hydrogen-bond acceptors (Lipinski definition) is 2. The van der Waals surface area contributed by atoms with Crippen LogP contribution >= 0.6 is 15.9 Å². The first-order valence-corrected chi connectivity index (χ1v) is 7.12. The zero-order valence-corrected chi connectivity index (χ0v) is 13.1. The lowest BCUT2D eigenvalue weighted by molar-refractivity contribution is 0.0913. The molecule has 2 aromatic carbocycles. The van der Waals surface area contributed by atoms with Crippen molar-refractivity contribution in [2.24, 2.45) is 0 Å². The van der Waals surface area contributed by atoms with Crippen molar-refractivity contribution >= 4 is 27.5 Å². The van der Waals surface area contributed by atoms with E-state index < -0.39 is 5.54 Å². The molecule has 0 saturated heterocycles. The molecule has 0 aliphatic heterocycles. The number of para-hydroxylation sites is 1. The van der Waals surface area contributed by atoms with Crippen LogP contribution in [0.5, 0.6) is 0 Å². The lowest BCUT2D eigenvalue weighted by Crippen LogP contribution is -2.41. The first kappa shape index (κ1) is 14.6. The van der Waals surface area contributed by atoms with E-state index in [0.29, 0.717) is 11.3 Å². The molecule has 4 heteroatoms. The molecule has 0 fully saturated rings. The number of nitrogen functional groups attached to an aromatic ring is 1. The van der Waals surface area contributed by atoms with Crippen molar-refractivity contribution in [2.45, 2.75) is 19.4 Å². The van der Waals surface area contributed by atoms with Gasteiger partial charge in [-0.15, -0.1) is 0 Å². The molecule has 0 aromatic heterocycles. The third-order valence-electron chi connectivity index (χ3n) is 3.20. The molecular formula is C16H17BrN2O. The van der Waals surface area contributed by atoms with Crippen LogP contribution in [0, 0.1) is 0 Å². The molecule has 20 heavy (non-hydrogen) atoms. The van der Waals surface area contributed by atoms with Gasteiger partial charge in [-0.25, -0.2) is 0 Å². The highest BCUT2D eigenvalue weighted by atomic mass is 79.9. The number of nitrogens with two attached hydrogens (primary N) is 1. The van der Waals surface area contributed by atoms with Gasteiger partial charge in [0, 0.05) is 10.2 Å².